The minimum Gasteiger partial charge on any atom is -0.481 e. The molecular formula is C16H21NO5. The molecule has 1 aromatic carbocycles. The largest absolute Gasteiger partial charge is 0.481 e. The molecular weight excluding hydrogens is 286 g/mol. The van der Waals surface area contributed by atoms with Gasteiger partial charge in [-0.1, -0.05) is 30.3 Å². The summed E-state index contributed by atoms with van der Waals surface area (Å²) in [7, 11) is 0. The molecule has 1 fully saturated rings. The van der Waals surface area contributed by atoms with Crippen LogP contribution in [0.3, 0.4) is 0 Å². The molecule has 1 aliphatic rings. The first-order valence-corrected chi connectivity index (χ1v) is 7.20. The number of morpholine rings is 1. The maximum absolute atomic E-state index is 12.3. The Hall–Kier alpha value is -2.08. The van der Waals surface area contributed by atoms with Gasteiger partial charge in [-0.2, -0.15) is 0 Å². The van der Waals surface area contributed by atoms with Crippen molar-refractivity contribution in [2.75, 3.05) is 13.2 Å². The van der Waals surface area contributed by atoms with Gasteiger partial charge >= 0.3 is 12.1 Å². The topological polar surface area (TPSA) is 76.1 Å². The van der Waals surface area contributed by atoms with Crippen molar-refractivity contribution >= 4 is 12.1 Å². The molecule has 0 saturated carbocycles. The van der Waals surface area contributed by atoms with Crippen LogP contribution in [0, 0.1) is 0 Å². The number of hydrogen-bond acceptors (Lipinski definition) is 4. The van der Waals surface area contributed by atoms with Gasteiger partial charge in [0.05, 0.1) is 31.2 Å². The lowest BCUT2D eigenvalue weighted by molar-refractivity contribution is -0.145. The van der Waals surface area contributed by atoms with Crippen LogP contribution in [0.15, 0.2) is 30.3 Å². The molecule has 0 bridgehead atoms. The molecule has 1 aliphatic heterocycles. The van der Waals surface area contributed by atoms with Gasteiger partial charge in [0, 0.05) is 0 Å². The van der Waals surface area contributed by atoms with Crippen LogP contribution in [0.4, 0.5) is 4.79 Å². The van der Waals surface area contributed by atoms with Crippen LogP contribution >= 0.6 is 0 Å². The Morgan fingerprint density at radius 3 is 2.68 bits per heavy atom. The number of ether oxygens (including phenoxy) is 2. The second-order valence-electron chi connectivity index (χ2n) is 5.99. The summed E-state index contributed by atoms with van der Waals surface area (Å²) in [6.07, 6.45) is -1.08. The number of carboxylic acids is 1. The number of benzene rings is 1. The van der Waals surface area contributed by atoms with Crippen LogP contribution in [-0.4, -0.2) is 46.9 Å². The molecule has 6 nitrogen and oxygen atoms in total. The Balaban J connectivity index is 1.97. The molecule has 1 N–H and O–H groups in total. The molecule has 1 heterocycles. The molecule has 120 valence electrons. The second-order valence-corrected chi connectivity index (χ2v) is 5.99. The van der Waals surface area contributed by atoms with Gasteiger partial charge < -0.3 is 14.6 Å². The third-order valence-corrected chi connectivity index (χ3v) is 3.62. The summed E-state index contributed by atoms with van der Waals surface area (Å²) >= 11 is 0. The maximum atomic E-state index is 12.3. The molecule has 1 aromatic rings. The molecule has 1 saturated heterocycles. The van der Waals surface area contributed by atoms with Gasteiger partial charge in [-0.15, -0.1) is 0 Å². The van der Waals surface area contributed by atoms with Crippen molar-refractivity contribution in [1.29, 1.82) is 0 Å². The van der Waals surface area contributed by atoms with E-state index in [-0.39, 0.29) is 26.2 Å². The number of amides is 1. The third-order valence-electron chi connectivity index (χ3n) is 3.62. The van der Waals surface area contributed by atoms with Crippen molar-refractivity contribution in [3.05, 3.63) is 35.9 Å². The monoisotopic (exact) mass is 307 g/mol. The average Bonchev–Trinajstić information content (AvgIpc) is 2.47. The van der Waals surface area contributed by atoms with Crippen molar-refractivity contribution in [2.45, 2.75) is 38.5 Å². The van der Waals surface area contributed by atoms with E-state index in [1.807, 2.05) is 44.2 Å². The SMILES string of the molecule is CC1(C)COC(CC(=O)O)CN1C(=O)OCc1ccccc1. The summed E-state index contributed by atoms with van der Waals surface area (Å²) in [5.74, 6) is -0.942. The zero-order chi connectivity index (χ0) is 16.2. The fourth-order valence-electron chi connectivity index (χ4n) is 2.34. The number of hydrogen-bond donors (Lipinski definition) is 1. The Bertz CT molecular complexity index is 529. The second kappa shape index (κ2) is 6.79. The van der Waals surface area contributed by atoms with E-state index in [1.165, 1.54) is 0 Å². The first-order chi connectivity index (χ1) is 10.4. The highest BCUT2D eigenvalue weighted by atomic mass is 16.6. The van der Waals surface area contributed by atoms with Gasteiger partial charge in [-0.25, -0.2) is 4.79 Å². The number of carboxylic acid groups (broad SMARTS) is 1. The standard InChI is InChI=1S/C16H21NO5/c1-16(2)11-22-13(8-14(18)19)9-17(16)15(20)21-10-12-6-4-3-5-7-12/h3-7,13H,8-11H2,1-2H3,(H,18,19). The van der Waals surface area contributed by atoms with E-state index >= 15 is 0 Å². The van der Waals surface area contributed by atoms with Crippen molar-refractivity contribution in [3.8, 4) is 0 Å². The van der Waals surface area contributed by atoms with Gasteiger partial charge in [-0.05, 0) is 19.4 Å². The molecule has 2 rings (SSSR count). The smallest absolute Gasteiger partial charge is 0.410 e. The van der Waals surface area contributed by atoms with Gasteiger partial charge in [0.15, 0.2) is 0 Å². The fourth-order valence-corrected chi connectivity index (χ4v) is 2.34. The molecule has 6 heteroatoms. The van der Waals surface area contributed by atoms with Crippen LogP contribution in [0.25, 0.3) is 0 Å². The predicted octanol–water partition coefficient (Wildman–Crippen LogP) is 2.28. The summed E-state index contributed by atoms with van der Waals surface area (Å²) in [6.45, 7) is 4.43. The first-order valence-electron chi connectivity index (χ1n) is 7.20. The van der Waals surface area contributed by atoms with E-state index in [0.29, 0.717) is 0 Å². The third kappa shape index (κ3) is 4.21. The number of aliphatic carboxylic acids is 1. The van der Waals surface area contributed by atoms with Crippen molar-refractivity contribution in [2.24, 2.45) is 0 Å². The van der Waals surface area contributed by atoms with Crippen LogP contribution in [0.5, 0.6) is 0 Å². The zero-order valence-corrected chi connectivity index (χ0v) is 12.8. The summed E-state index contributed by atoms with van der Waals surface area (Å²) in [5.41, 5.74) is 0.381. The van der Waals surface area contributed by atoms with Crippen LogP contribution in [0.2, 0.25) is 0 Å². The molecule has 0 aliphatic carbocycles. The van der Waals surface area contributed by atoms with E-state index in [9.17, 15) is 9.59 Å². The van der Waals surface area contributed by atoms with Gasteiger partial charge in [0.25, 0.3) is 0 Å². The van der Waals surface area contributed by atoms with E-state index in [0.717, 1.165) is 5.56 Å². The highest BCUT2D eigenvalue weighted by molar-refractivity contribution is 5.70. The summed E-state index contributed by atoms with van der Waals surface area (Å²) in [4.78, 5) is 24.7. The van der Waals surface area contributed by atoms with E-state index < -0.39 is 23.7 Å². The number of carbonyl (C=O) groups is 2. The Kier molecular flexibility index (Phi) is 5.03. The summed E-state index contributed by atoms with van der Waals surface area (Å²) in [6, 6.07) is 9.41. The molecule has 1 unspecified atom stereocenters. The normalized spacial score (nSPS) is 20.5. The molecule has 0 radical (unpaired) electrons. The maximum Gasteiger partial charge on any atom is 0.410 e. The van der Waals surface area contributed by atoms with Crippen molar-refractivity contribution < 1.29 is 24.2 Å². The Labute approximate surface area is 129 Å². The first kappa shape index (κ1) is 16.3. The lowest BCUT2D eigenvalue weighted by atomic mass is 10.0. The fraction of sp³-hybridized carbons (Fsp3) is 0.500. The van der Waals surface area contributed by atoms with Gasteiger partial charge in [-0.3, -0.25) is 9.69 Å². The summed E-state index contributed by atoms with van der Waals surface area (Å²) < 4.78 is 10.9. The molecule has 1 atom stereocenters. The Morgan fingerprint density at radius 2 is 2.05 bits per heavy atom. The van der Waals surface area contributed by atoms with Crippen LogP contribution in [0.1, 0.15) is 25.8 Å². The van der Waals surface area contributed by atoms with Crippen LogP contribution in [-0.2, 0) is 20.9 Å². The minimum absolute atomic E-state index is 0.126. The molecule has 0 aromatic heterocycles. The van der Waals surface area contributed by atoms with Crippen molar-refractivity contribution in [1.82, 2.24) is 4.90 Å². The molecule has 1 amide bonds. The zero-order valence-electron chi connectivity index (χ0n) is 12.8. The highest BCUT2D eigenvalue weighted by Crippen LogP contribution is 2.24. The van der Waals surface area contributed by atoms with E-state index in [1.54, 1.807) is 4.90 Å². The van der Waals surface area contributed by atoms with Crippen LogP contribution < -0.4 is 0 Å². The number of nitrogens with zero attached hydrogens (tertiary/aromatic N) is 1. The average molecular weight is 307 g/mol. The molecule has 0 spiro atoms. The predicted molar refractivity (Wildman–Crippen MR) is 79.4 cm³/mol. The lowest BCUT2D eigenvalue weighted by Crippen LogP contribution is -2.58. The minimum atomic E-state index is -0.942. The van der Waals surface area contributed by atoms with Gasteiger partial charge in [0.1, 0.15) is 6.61 Å². The van der Waals surface area contributed by atoms with Gasteiger partial charge in [0.2, 0.25) is 0 Å². The number of rotatable bonds is 4. The van der Waals surface area contributed by atoms with E-state index in [4.69, 9.17) is 14.6 Å². The highest BCUT2D eigenvalue weighted by Gasteiger charge is 2.39. The Morgan fingerprint density at radius 1 is 1.36 bits per heavy atom. The van der Waals surface area contributed by atoms with Crippen molar-refractivity contribution in [3.63, 3.8) is 0 Å². The lowest BCUT2D eigenvalue weighted by Gasteiger charge is -2.44. The quantitative estimate of drug-likeness (QED) is 0.923. The molecule has 22 heavy (non-hydrogen) atoms. The summed E-state index contributed by atoms with van der Waals surface area (Å²) in [5, 5.41) is 8.86. The number of carbonyl (C=O) groups excluding carboxylic acids is 1. The van der Waals surface area contributed by atoms with E-state index in [2.05, 4.69) is 0 Å².